The largest absolute Gasteiger partial charge is 0.391 e. The van der Waals surface area contributed by atoms with Gasteiger partial charge in [0.25, 0.3) is 0 Å². The lowest BCUT2D eigenvalue weighted by Crippen LogP contribution is -2.51. The molecule has 2 heteroatoms. The first-order valence-electron chi connectivity index (χ1n) is 7.66. The van der Waals surface area contributed by atoms with Crippen LogP contribution >= 0.6 is 0 Å². The third-order valence-electron chi connectivity index (χ3n) is 4.88. The Kier molecular flexibility index (Phi) is 4.87. The van der Waals surface area contributed by atoms with Crippen molar-refractivity contribution in [3.8, 4) is 0 Å². The Balaban J connectivity index is 1.99. The smallest absolute Gasteiger partial charge is 0.0695 e. The Labute approximate surface area is 106 Å². The second-order valence-electron chi connectivity index (χ2n) is 6.18. The molecule has 0 saturated heterocycles. The van der Waals surface area contributed by atoms with Crippen molar-refractivity contribution in [2.45, 2.75) is 83.4 Å². The van der Waals surface area contributed by atoms with E-state index in [1.807, 2.05) is 0 Å². The first-order chi connectivity index (χ1) is 8.22. The summed E-state index contributed by atoms with van der Waals surface area (Å²) in [6.07, 6.45) is 10.2. The lowest BCUT2D eigenvalue weighted by Gasteiger charge is -2.44. The van der Waals surface area contributed by atoms with E-state index < -0.39 is 0 Å². The van der Waals surface area contributed by atoms with Crippen molar-refractivity contribution >= 4 is 0 Å². The summed E-state index contributed by atoms with van der Waals surface area (Å²) < 4.78 is 0. The topological polar surface area (TPSA) is 23.5 Å². The quantitative estimate of drug-likeness (QED) is 0.817. The van der Waals surface area contributed by atoms with Gasteiger partial charge in [-0.05, 0) is 44.6 Å². The molecule has 0 radical (unpaired) electrons. The van der Waals surface area contributed by atoms with E-state index in [0.29, 0.717) is 6.04 Å². The average Bonchev–Trinajstić information content (AvgIpc) is 2.36. The van der Waals surface area contributed by atoms with Crippen LogP contribution in [0.1, 0.15) is 65.2 Å². The molecule has 0 heterocycles. The maximum Gasteiger partial charge on any atom is 0.0695 e. The molecule has 1 N–H and O–H groups in total. The highest BCUT2D eigenvalue weighted by Gasteiger charge is 2.34. The minimum atomic E-state index is -0.0759. The fraction of sp³-hybridized carbons (Fsp3) is 1.00. The molecule has 100 valence electrons. The molecule has 2 fully saturated rings. The van der Waals surface area contributed by atoms with Gasteiger partial charge in [0.05, 0.1) is 6.10 Å². The van der Waals surface area contributed by atoms with Gasteiger partial charge in [0.15, 0.2) is 0 Å². The highest BCUT2D eigenvalue weighted by molar-refractivity contribution is 4.89. The number of hydrogen-bond acceptors (Lipinski definition) is 2. The zero-order chi connectivity index (χ0) is 12.3. The highest BCUT2D eigenvalue weighted by atomic mass is 16.3. The normalized spacial score (nSPS) is 36.4. The van der Waals surface area contributed by atoms with Gasteiger partial charge < -0.3 is 5.11 Å². The van der Waals surface area contributed by atoms with E-state index in [2.05, 4.69) is 18.7 Å². The summed E-state index contributed by atoms with van der Waals surface area (Å²) in [7, 11) is 0. The SMILES string of the molecule is CCN(C1CCCCC1)C1CC(C)CCC1O. The Morgan fingerprint density at radius 1 is 1.06 bits per heavy atom. The first-order valence-corrected chi connectivity index (χ1v) is 7.66. The molecule has 0 spiro atoms. The molecule has 0 aromatic carbocycles. The van der Waals surface area contributed by atoms with Crippen molar-refractivity contribution in [1.82, 2.24) is 4.90 Å². The van der Waals surface area contributed by atoms with Crippen LogP contribution in [0.25, 0.3) is 0 Å². The molecule has 2 nitrogen and oxygen atoms in total. The van der Waals surface area contributed by atoms with E-state index in [0.717, 1.165) is 24.9 Å². The van der Waals surface area contributed by atoms with E-state index in [-0.39, 0.29) is 6.10 Å². The molecule has 3 atom stereocenters. The molecule has 0 aliphatic heterocycles. The van der Waals surface area contributed by atoms with E-state index in [9.17, 15) is 5.11 Å². The Morgan fingerprint density at radius 2 is 1.76 bits per heavy atom. The van der Waals surface area contributed by atoms with Crippen LogP contribution < -0.4 is 0 Å². The van der Waals surface area contributed by atoms with Crippen LogP contribution in [0.2, 0.25) is 0 Å². The Hall–Kier alpha value is -0.0800. The summed E-state index contributed by atoms with van der Waals surface area (Å²) in [6.45, 7) is 5.72. The maximum atomic E-state index is 10.3. The molecule has 0 aromatic rings. The van der Waals surface area contributed by atoms with Gasteiger partial charge in [0.1, 0.15) is 0 Å². The number of rotatable bonds is 3. The van der Waals surface area contributed by atoms with Crippen molar-refractivity contribution in [1.29, 1.82) is 0 Å². The second kappa shape index (κ2) is 6.19. The molecule has 2 saturated carbocycles. The van der Waals surface area contributed by atoms with Gasteiger partial charge in [-0.2, -0.15) is 0 Å². The summed E-state index contributed by atoms with van der Waals surface area (Å²) in [5.41, 5.74) is 0. The summed E-state index contributed by atoms with van der Waals surface area (Å²) in [6, 6.07) is 1.19. The van der Waals surface area contributed by atoms with Crippen LogP contribution in [0.5, 0.6) is 0 Å². The number of nitrogens with zero attached hydrogens (tertiary/aromatic N) is 1. The Bertz CT molecular complexity index is 225. The molecule has 0 bridgehead atoms. The summed E-state index contributed by atoms with van der Waals surface area (Å²) in [5.74, 6) is 0.793. The first kappa shape index (κ1) is 13.4. The van der Waals surface area contributed by atoms with Gasteiger partial charge in [-0.15, -0.1) is 0 Å². The zero-order valence-corrected chi connectivity index (χ0v) is 11.6. The minimum Gasteiger partial charge on any atom is -0.391 e. The van der Waals surface area contributed by atoms with Gasteiger partial charge in [0.2, 0.25) is 0 Å². The molecule has 2 aliphatic rings. The molecule has 2 rings (SSSR count). The van der Waals surface area contributed by atoms with Crippen LogP contribution in [-0.2, 0) is 0 Å². The third-order valence-corrected chi connectivity index (χ3v) is 4.88. The fourth-order valence-electron chi connectivity index (χ4n) is 3.87. The number of aliphatic hydroxyl groups is 1. The lowest BCUT2D eigenvalue weighted by molar-refractivity contribution is -0.0190. The summed E-state index contributed by atoms with van der Waals surface area (Å²) in [4.78, 5) is 2.62. The standard InChI is InChI=1S/C15H29NO/c1-3-16(13-7-5-4-6-8-13)14-11-12(2)9-10-15(14)17/h12-15,17H,3-11H2,1-2H3. The van der Waals surface area contributed by atoms with Gasteiger partial charge in [-0.25, -0.2) is 0 Å². The molecule has 17 heavy (non-hydrogen) atoms. The number of likely N-dealkylation sites (N-methyl/N-ethyl adjacent to an activating group) is 1. The predicted molar refractivity (Wildman–Crippen MR) is 72.1 cm³/mol. The molecular formula is C15H29NO. The molecule has 2 aliphatic carbocycles. The van der Waals surface area contributed by atoms with E-state index >= 15 is 0 Å². The molecular weight excluding hydrogens is 210 g/mol. The van der Waals surface area contributed by atoms with Crippen LogP contribution in [0.15, 0.2) is 0 Å². The molecule has 0 aromatic heterocycles. The van der Waals surface area contributed by atoms with Crippen molar-refractivity contribution in [3.63, 3.8) is 0 Å². The summed E-state index contributed by atoms with van der Waals surface area (Å²) in [5, 5.41) is 10.3. The molecule has 0 amide bonds. The zero-order valence-electron chi connectivity index (χ0n) is 11.6. The highest BCUT2D eigenvalue weighted by Crippen LogP contribution is 2.32. The van der Waals surface area contributed by atoms with Crippen LogP contribution in [0.4, 0.5) is 0 Å². The number of aliphatic hydroxyl groups excluding tert-OH is 1. The van der Waals surface area contributed by atoms with Crippen molar-refractivity contribution in [3.05, 3.63) is 0 Å². The number of hydrogen-bond donors (Lipinski definition) is 1. The fourth-order valence-corrected chi connectivity index (χ4v) is 3.87. The van der Waals surface area contributed by atoms with Crippen molar-refractivity contribution < 1.29 is 5.11 Å². The average molecular weight is 239 g/mol. The van der Waals surface area contributed by atoms with E-state index in [4.69, 9.17) is 0 Å². The van der Waals surface area contributed by atoms with Crippen LogP contribution in [-0.4, -0.2) is 34.7 Å². The lowest BCUT2D eigenvalue weighted by atomic mass is 9.82. The van der Waals surface area contributed by atoms with Gasteiger partial charge >= 0.3 is 0 Å². The third kappa shape index (κ3) is 3.23. The Morgan fingerprint density at radius 3 is 2.41 bits per heavy atom. The monoisotopic (exact) mass is 239 g/mol. The van der Waals surface area contributed by atoms with Gasteiger partial charge in [0, 0.05) is 12.1 Å². The van der Waals surface area contributed by atoms with Crippen LogP contribution in [0.3, 0.4) is 0 Å². The van der Waals surface area contributed by atoms with Gasteiger partial charge in [-0.3, -0.25) is 4.90 Å². The van der Waals surface area contributed by atoms with Crippen molar-refractivity contribution in [2.24, 2.45) is 5.92 Å². The summed E-state index contributed by atoms with van der Waals surface area (Å²) >= 11 is 0. The van der Waals surface area contributed by atoms with Crippen molar-refractivity contribution in [2.75, 3.05) is 6.54 Å². The van der Waals surface area contributed by atoms with Crippen LogP contribution in [0, 0.1) is 5.92 Å². The van der Waals surface area contributed by atoms with E-state index in [1.165, 1.54) is 44.9 Å². The van der Waals surface area contributed by atoms with E-state index in [1.54, 1.807) is 0 Å². The second-order valence-corrected chi connectivity index (χ2v) is 6.18. The minimum absolute atomic E-state index is 0.0759. The predicted octanol–water partition coefficient (Wildman–Crippen LogP) is 3.19. The maximum absolute atomic E-state index is 10.3. The molecule has 3 unspecified atom stereocenters. The van der Waals surface area contributed by atoms with Gasteiger partial charge in [-0.1, -0.05) is 33.1 Å².